The van der Waals surface area contributed by atoms with Gasteiger partial charge in [-0.05, 0) is 42.0 Å². The predicted octanol–water partition coefficient (Wildman–Crippen LogP) is 2.95. The summed E-state index contributed by atoms with van der Waals surface area (Å²) in [5, 5.41) is 13.6. The molecule has 1 atom stereocenters. The van der Waals surface area contributed by atoms with E-state index in [1.54, 1.807) is 67.0 Å². The molecule has 29 heavy (non-hydrogen) atoms. The van der Waals surface area contributed by atoms with Crippen LogP contribution in [0.15, 0.2) is 79.1 Å². The number of carbonyl (C=O) groups is 1. The molecular formula is C22H16N6O. The average molecular weight is 380 g/mol. The van der Waals surface area contributed by atoms with E-state index in [9.17, 15) is 10.1 Å². The van der Waals surface area contributed by atoms with E-state index in [4.69, 9.17) is 5.73 Å². The zero-order valence-electron chi connectivity index (χ0n) is 15.3. The highest BCUT2D eigenvalue weighted by molar-refractivity contribution is 5.95. The molecule has 0 saturated heterocycles. The molecule has 140 valence electrons. The third-order valence-electron chi connectivity index (χ3n) is 4.42. The Kier molecular flexibility index (Phi) is 4.93. The molecule has 1 unspecified atom stereocenters. The summed E-state index contributed by atoms with van der Waals surface area (Å²) in [5.41, 5.74) is 8.73. The summed E-state index contributed by atoms with van der Waals surface area (Å²) < 4.78 is 1.22. The second-order valence-corrected chi connectivity index (χ2v) is 6.33. The van der Waals surface area contributed by atoms with E-state index >= 15 is 0 Å². The van der Waals surface area contributed by atoms with Gasteiger partial charge >= 0.3 is 0 Å². The van der Waals surface area contributed by atoms with Crippen molar-refractivity contribution in [3.63, 3.8) is 0 Å². The van der Waals surface area contributed by atoms with Gasteiger partial charge in [-0.25, -0.2) is 4.98 Å². The van der Waals surface area contributed by atoms with Gasteiger partial charge in [0, 0.05) is 23.5 Å². The Morgan fingerprint density at radius 2 is 1.90 bits per heavy atom. The van der Waals surface area contributed by atoms with E-state index in [0.717, 1.165) is 0 Å². The van der Waals surface area contributed by atoms with Crippen LogP contribution in [0.4, 0.5) is 0 Å². The van der Waals surface area contributed by atoms with E-state index in [1.165, 1.54) is 4.68 Å². The normalized spacial score (nSPS) is 11.6. The molecule has 4 rings (SSSR count). The first-order valence-corrected chi connectivity index (χ1v) is 8.90. The minimum absolute atomic E-state index is 0.285. The van der Waals surface area contributed by atoms with Gasteiger partial charge in [-0.2, -0.15) is 9.94 Å². The van der Waals surface area contributed by atoms with Crippen LogP contribution in [0.1, 0.15) is 33.4 Å². The lowest BCUT2D eigenvalue weighted by Gasteiger charge is -2.12. The lowest BCUT2D eigenvalue weighted by atomic mass is 10.0. The van der Waals surface area contributed by atoms with Crippen molar-refractivity contribution in [2.75, 3.05) is 0 Å². The fourth-order valence-corrected chi connectivity index (χ4v) is 2.95. The molecule has 0 saturated carbocycles. The maximum Gasteiger partial charge on any atom is 0.279 e. The van der Waals surface area contributed by atoms with E-state index < -0.39 is 6.04 Å². The van der Waals surface area contributed by atoms with Gasteiger partial charge in [-0.1, -0.05) is 30.3 Å². The Labute approximate surface area is 167 Å². The zero-order chi connectivity index (χ0) is 20.2. The highest BCUT2D eigenvalue weighted by Gasteiger charge is 2.24. The van der Waals surface area contributed by atoms with Crippen molar-refractivity contribution >= 4 is 5.91 Å². The number of benzene rings is 2. The van der Waals surface area contributed by atoms with Gasteiger partial charge in [0.1, 0.15) is 0 Å². The minimum atomic E-state index is -0.742. The van der Waals surface area contributed by atoms with Crippen molar-refractivity contribution in [3.05, 3.63) is 102 Å². The molecule has 0 bridgehead atoms. The number of hydrogen-bond acceptors (Lipinski definition) is 6. The summed E-state index contributed by atoms with van der Waals surface area (Å²) in [6, 6.07) is 20.7. The van der Waals surface area contributed by atoms with Crippen molar-refractivity contribution in [1.29, 1.82) is 5.26 Å². The standard InChI is InChI=1S/C22H16N6O/c23-13-15-6-4-9-17(12-15)19(24)21-26-20(18-10-5-11-25-14-18)27-28(21)22(29)16-7-2-1-3-8-16/h1-12,14,19H,24H2. The van der Waals surface area contributed by atoms with Gasteiger partial charge in [0.25, 0.3) is 5.91 Å². The SMILES string of the molecule is N#Cc1cccc(C(N)c2nc(-c3cccnc3)nn2C(=O)c2ccccc2)c1. The molecule has 0 radical (unpaired) electrons. The van der Waals surface area contributed by atoms with E-state index in [2.05, 4.69) is 21.1 Å². The van der Waals surface area contributed by atoms with Crippen LogP contribution in [-0.2, 0) is 0 Å². The fourth-order valence-electron chi connectivity index (χ4n) is 2.95. The van der Waals surface area contributed by atoms with Gasteiger partial charge in [0.15, 0.2) is 11.6 Å². The molecule has 0 spiro atoms. The maximum absolute atomic E-state index is 13.1. The average Bonchev–Trinajstić information content (AvgIpc) is 3.24. The van der Waals surface area contributed by atoms with Crippen molar-refractivity contribution in [3.8, 4) is 17.5 Å². The quantitative estimate of drug-likeness (QED) is 0.583. The first-order chi connectivity index (χ1) is 14.2. The van der Waals surface area contributed by atoms with E-state index in [0.29, 0.717) is 28.1 Å². The molecule has 2 heterocycles. The van der Waals surface area contributed by atoms with Crippen molar-refractivity contribution < 1.29 is 4.79 Å². The summed E-state index contributed by atoms with van der Waals surface area (Å²) in [6.07, 6.45) is 3.27. The summed E-state index contributed by atoms with van der Waals surface area (Å²) in [4.78, 5) is 21.7. The predicted molar refractivity (Wildman–Crippen MR) is 107 cm³/mol. The Hall–Kier alpha value is -4.15. The summed E-state index contributed by atoms with van der Waals surface area (Å²) in [5.74, 6) is 0.298. The third-order valence-corrected chi connectivity index (χ3v) is 4.42. The van der Waals surface area contributed by atoms with Crippen molar-refractivity contribution in [1.82, 2.24) is 19.7 Å². The van der Waals surface area contributed by atoms with Crippen molar-refractivity contribution in [2.45, 2.75) is 6.04 Å². The summed E-state index contributed by atoms with van der Waals surface area (Å²) in [7, 11) is 0. The Morgan fingerprint density at radius 3 is 2.62 bits per heavy atom. The van der Waals surface area contributed by atoms with Crippen LogP contribution < -0.4 is 5.73 Å². The minimum Gasteiger partial charge on any atom is -0.318 e. The van der Waals surface area contributed by atoms with Gasteiger partial charge in [0.05, 0.1) is 17.7 Å². The Balaban J connectivity index is 1.84. The fraction of sp³-hybridized carbons (Fsp3) is 0.0455. The van der Waals surface area contributed by atoms with Crippen LogP contribution in [0.3, 0.4) is 0 Å². The van der Waals surface area contributed by atoms with Gasteiger partial charge in [-0.3, -0.25) is 9.78 Å². The van der Waals surface area contributed by atoms with Crippen LogP contribution in [0.2, 0.25) is 0 Å². The molecule has 7 heteroatoms. The van der Waals surface area contributed by atoms with Crippen LogP contribution >= 0.6 is 0 Å². The molecule has 2 aromatic carbocycles. The van der Waals surface area contributed by atoms with Crippen molar-refractivity contribution in [2.24, 2.45) is 5.73 Å². The number of nitrogens with two attached hydrogens (primary N) is 1. The van der Waals surface area contributed by atoms with Gasteiger partial charge < -0.3 is 5.73 Å². The number of carbonyl (C=O) groups excluding carboxylic acids is 1. The number of rotatable bonds is 4. The molecule has 0 amide bonds. The number of nitriles is 1. The smallest absolute Gasteiger partial charge is 0.279 e. The highest BCUT2D eigenvalue weighted by atomic mass is 16.2. The lowest BCUT2D eigenvalue weighted by Crippen LogP contribution is -2.23. The van der Waals surface area contributed by atoms with Crippen LogP contribution in [-0.4, -0.2) is 25.7 Å². The molecule has 2 aromatic heterocycles. The van der Waals surface area contributed by atoms with E-state index in [1.807, 2.05) is 12.1 Å². The van der Waals surface area contributed by atoms with Crippen LogP contribution in [0.25, 0.3) is 11.4 Å². The number of aromatic nitrogens is 4. The second-order valence-electron chi connectivity index (χ2n) is 6.33. The Bertz CT molecular complexity index is 1190. The summed E-state index contributed by atoms with van der Waals surface area (Å²) in [6.45, 7) is 0. The van der Waals surface area contributed by atoms with Gasteiger partial charge in [0.2, 0.25) is 0 Å². The Morgan fingerprint density at radius 1 is 1.07 bits per heavy atom. The molecule has 7 nitrogen and oxygen atoms in total. The highest BCUT2D eigenvalue weighted by Crippen LogP contribution is 2.23. The number of pyridine rings is 1. The summed E-state index contributed by atoms with van der Waals surface area (Å²) >= 11 is 0. The zero-order valence-corrected chi connectivity index (χ0v) is 15.3. The molecule has 0 aliphatic heterocycles. The monoisotopic (exact) mass is 380 g/mol. The molecule has 0 aliphatic rings. The van der Waals surface area contributed by atoms with Crippen LogP contribution in [0, 0.1) is 11.3 Å². The molecule has 0 aliphatic carbocycles. The largest absolute Gasteiger partial charge is 0.318 e. The number of nitrogens with zero attached hydrogens (tertiary/aromatic N) is 5. The topological polar surface area (TPSA) is 110 Å². The number of hydrogen-bond donors (Lipinski definition) is 1. The first-order valence-electron chi connectivity index (χ1n) is 8.90. The van der Waals surface area contributed by atoms with E-state index in [-0.39, 0.29) is 11.7 Å². The molecule has 2 N–H and O–H groups in total. The van der Waals surface area contributed by atoms with Crippen LogP contribution in [0.5, 0.6) is 0 Å². The molecular weight excluding hydrogens is 364 g/mol. The maximum atomic E-state index is 13.1. The van der Waals surface area contributed by atoms with Gasteiger partial charge in [-0.15, -0.1) is 5.10 Å². The second kappa shape index (κ2) is 7.84. The third kappa shape index (κ3) is 3.65. The molecule has 4 aromatic rings. The first kappa shape index (κ1) is 18.2. The molecule has 0 fully saturated rings. The lowest BCUT2D eigenvalue weighted by molar-refractivity contribution is 0.0940.